The predicted molar refractivity (Wildman–Crippen MR) is 310 cm³/mol. The second kappa shape index (κ2) is 16.0. The fourth-order valence-electron chi connectivity index (χ4n) is 13.1. The number of nitrogens with two attached hydrogens (primary N) is 1. The molecule has 5 heteroatoms. The standard InChI is InChI=1S/C67H69BN4/c1-63(2,3)46-24-28-50(29-25-46)70-59-42-51(72-57-34-27-49(69)41-53(57)66(10)35-18-36-67(66,72)11)30-32-55(59)68-54-31-23-45(43-19-14-12-15-20-43)37-58(54)71(61-40-48(65(7,8)9)39-60(70)62(61)68)56-33-26-47(64(4,5)6)38-52(56)44-21-16-13-17-22-44/h12-17,19-34,37-42H,18,35-36,69H2,1-11H3. The monoisotopic (exact) mass is 941 g/mol. The first-order chi connectivity index (χ1) is 34.2. The Balaban J connectivity index is 1.18. The normalized spacial score (nSPS) is 18.9. The van der Waals surface area contributed by atoms with Crippen molar-refractivity contribution in [3.63, 3.8) is 0 Å². The molecular weight excluding hydrogens is 872 g/mol. The van der Waals surface area contributed by atoms with E-state index < -0.39 is 0 Å². The Bertz CT molecular complexity index is 3450. The molecule has 0 radical (unpaired) electrons. The molecule has 0 bridgehead atoms. The Morgan fingerprint density at radius 1 is 0.444 bits per heavy atom. The summed E-state index contributed by atoms with van der Waals surface area (Å²) in [6, 6.07) is 65.1. The molecule has 1 aliphatic carbocycles. The van der Waals surface area contributed by atoms with Crippen molar-refractivity contribution in [3.05, 3.63) is 192 Å². The molecule has 1 fully saturated rings. The van der Waals surface area contributed by atoms with Crippen molar-refractivity contribution in [2.75, 3.05) is 20.4 Å². The van der Waals surface area contributed by atoms with Gasteiger partial charge in [-0.15, -0.1) is 0 Å². The fourth-order valence-corrected chi connectivity index (χ4v) is 13.1. The topological polar surface area (TPSA) is 35.7 Å². The first-order valence-corrected chi connectivity index (χ1v) is 26.4. The van der Waals surface area contributed by atoms with Gasteiger partial charge in [-0.25, -0.2) is 0 Å². The summed E-state index contributed by atoms with van der Waals surface area (Å²) in [5, 5.41) is 0. The van der Waals surface area contributed by atoms with Crippen LogP contribution in [-0.4, -0.2) is 12.3 Å². The lowest BCUT2D eigenvalue weighted by atomic mass is 9.33. The summed E-state index contributed by atoms with van der Waals surface area (Å²) in [5.41, 5.74) is 31.0. The Morgan fingerprint density at radius 3 is 1.67 bits per heavy atom. The average molecular weight is 941 g/mol. The van der Waals surface area contributed by atoms with E-state index in [1.165, 1.54) is 107 Å². The van der Waals surface area contributed by atoms with Gasteiger partial charge in [-0.2, -0.15) is 0 Å². The number of benzene rings is 8. The van der Waals surface area contributed by atoms with Crippen molar-refractivity contribution >= 4 is 74.3 Å². The number of hydrogen-bond acceptors (Lipinski definition) is 4. The van der Waals surface area contributed by atoms with E-state index in [1.807, 2.05) is 0 Å². The molecule has 1 saturated carbocycles. The maximum absolute atomic E-state index is 6.61. The molecule has 2 N–H and O–H groups in total. The van der Waals surface area contributed by atoms with Gasteiger partial charge in [0.2, 0.25) is 0 Å². The van der Waals surface area contributed by atoms with E-state index in [4.69, 9.17) is 5.73 Å². The average Bonchev–Trinajstić information content (AvgIpc) is 3.76. The molecule has 2 atom stereocenters. The quantitative estimate of drug-likeness (QED) is 0.138. The van der Waals surface area contributed by atoms with Gasteiger partial charge >= 0.3 is 0 Å². The number of anilines is 9. The highest BCUT2D eigenvalue weighted by atomic mass is 15.3. The van der Waals surface area contributed by atoms with Gasteiger partial charge < -0.3 is 20.4 Å². The van der Waals surface area contributed by atoms with Gasteiger partial charge in [0.1, 0.15) is 0 Å². The molecule has 72 heavy (non-hydrogen) atoms. The Labute approximate surface area is 429 Å². The van der Waals surface area contributed by atoms with Gasteiger partial charge in [-0.05, 0) is 164 Å². The van der Waals surface area contributed by atoms with Crippen LogP contribution in [0.4, 0.5) is 51.2 Å². The summed E-state index contributed by atoms with van der Waals surface area (Å²) in [6.07, 6.45) is 3.45. The lowest BCUT2D eigenvalue weighted by Gasteiger charge is -2.46. The molecule has 8 aromatic carbocycles. The van der Waals surface area contributed by atoms with Crippen LogP contribution >= 0.6 is 0 Å². The van der Waals surface area contributed by atoms with Crippen molar-refractivity contribution in [2.45, 2.75) is 123 Å². The summed E-state index contributed by atoms with van der Waals surface area (Å²) in [5.74, 6) is 0. The van der Waals surface area contributed by atoms with E-state index in [-0.39, 0.29) is 33.9 Å². The zero-order chi connectivity index (χ0) is 50.3. The minimum absolute atomic E-state index is 0.0135. The predicted octanol–water partition coefficient (Wildman–Crippen LogP) is 15.9. The molecule has 8 aromatic rings. The molecular formula is C67H69BN4. The highest BCUT2D eigenvalue weighted by Gasteiger charge is 2.59. The zero-order valence-electron chi connectivity index (χ0n) is 44.3. The molecule has 2 unspecified atom stereocenters. The SMILES string of the molecule is CC(C)(C)c1ccc(N2c3cc(N4c5ccc(N)cc5C5(C)CCCC45C)ccc3B3c4ccc(-c5ccccc5)cc4N(c4ccc(C(C)(C)C)cc4-c4ccccc4)c4cc(C(C)(C)C)cc2c43)cc1. The van der Waals surface area contributed by atoms with E-state index in [0.717, 1.165) is 24.2 Å². The molecule has 0 spiro atoms. The Hall–Kier alpha value is -6.98. The summed E-state index contributed by atoms with van der Waals surface area (Å²) >= 11 is 0. The molecule has 12 rings (SSSR count). The highest BCUT2D eigenvalue weighted by molar-refractivity contribution is 7.00. The third kappa shape index (κ3) is 7.01. The summed E-state index contributed by atoms with van der Waals surface area (Å²) in [7, 11) is 0. The third-order valence-corrected chi connectivity index (χ3v) is 17.3. The molecule has 4 aliphatic rings. The molecule has 0 amide bonds. The summed E-state index contributed by atoms with van der Waals surface area (Å²) in [6.45, 7) is 26.0. The van der Waals surface area contributed by atoms with Crippen LogP contribution in [-0.2, 0) is 21.7 Å². The van der Waals surface area contributed by atoms with Gasteiger partial charge in [0, 0.05) is 56.5 Å². The van der Waals surface area contributed by atoms with Gasteiger partial charge in [0.15, 0.2) is 0 Å². The third-order valence-electron chi connectivity index (χ3n) is 17.3. The summed E-state index contributed by atoms with van der Waals surface area (Å²) in [4.78, 5) is 7.95. The van der Waals surface area contributed by atoms with Gasteiger partial charge in [-0.1, -0.05) is 173 Å². The van der Waals surface area contributed by atoms with Gasteiger partial charge in [0.05, 0.1) is 11.2 Å². The number of fused-ring (bicyclic) bond motifs is 7. The zero-order valence-corrected chi connectivity index (χ0v) is 44.3. The Kier molecular flexibility index (Phi) is 10.3. The maximum atomic E-state index is 6.61. The Morgan fingerprint density at radius 2 is 1.01 bits per heavy atom. The first kappa shape index (κ1) is 46.1. The van der Waals surface area contributed by atoms with E-state index in [1.54, 1.807) is 0 Å². The second-order valence-electron chi connectivity index (χ2n) is 24.9. The molecule has 0 saturated heterocycles. The first-order valence-electron chi connectivity index (χ1n) is 26.4. The largest absolute Gasteiger partial charge is 0.399 e. The van der Waals surface area contributed by atoms with Crippen molar-refractivity contribution in [3.8, 4) is 22.3 Å². The van der Waals surface area contributed by atoms with E-state index >= 15 is 0 Å². The van der Waals surface area contributed by atoms with Crippen LogP contribution in [0.15, 0.2) is 170 Å². The van der Waals surface area contributed by atoms with Crippen LogP contribution in [0.2, 0.25) is 0 Å². The van der Waals surface area contributed by atoms with Crippen molar-refractivity contribution in [1.82, 2.24) is 0 Å². The van der Waals surface area contributed by atoms with Crippen LogP contribution in [0.3, 0.4) is 0 Å². The van der Waals surface area contributed by atoms with E-state index in [2.05, 4.69) is 261 Å². The second-order valence-corrected chi connectivity index (χ2v) is 24.9. The van der Waals surface area contributed by atoms with E-state index in [9.17, 15) is 0 Å². The van der Waals surface area contributed by atoms with Crippen LogP contribution in [0.25, 0.3) is 22.3 Å². The number of rotatable bonds is 5. The van der Waals surface area contributed by atoms with Crippen molar-refractivity contribution in [1.29, 1.82) is 0 Å². The lowest BCUT2D eigenvalue weighted by Crippen LogP contribution is -2.61. The smallest absolute Gasteiger partial charge is 0.252 e. The van der Waals surface area contributed by atoms with Crippen molar-refractivity contribution < 1.29 is 0 Å². The van der Waals surface area contributed by atoms with Crippen LogP contribution in [0, 0.1) is 0 Å². The maximum Gasteiger partial charge on any atom is 0.252 e. The summed E-state index contributed by atoms with van der Waals surface area (Å²) < 4.78 is 0. The minimum atomic E-state index is -0.163. The minimum Gasteiger partial charge on any atom is -0.399 e. The number of nitrogen functional groups attached to an aromatic ring is 1. The number of nitrogens with zero attached hydrogens (tertiary/aromatic N) is 3. The molecule has 360 valence electrons. The molecule has 0 aromatic heterocycles. The highest BCUT2D eigenvalue weighted by Crippen LogP contribution is 2.63. The van der Waals surface area contributed by atoms with Gasteiger partial charge in [0.25, 0.3) is 6.71 Å². The van der Waals surface area contributed by atoms with Crippen LogP contribution in [0.5, 0.6) is 0 Å². The molecule has 4 nitrogen and oxygen atoms in total. The number of hydrogen-bond donors (Lipinski definition) is 1. The van der Waals surface area contributed by atoms with E-state index in [0.29, 0.717) is 0 Å². The molecule has 3 heterocycles. The van der Waals surface area contributed by atoms with Crippen LogP contribution < -0.4 is 36.8 Å². The van der Waals surface area contributed by atoms with Gasteiger partial charge in [-0.3, -0.25) is 0 Å². The lowest BCUT2D eigenvalue weighted by molar-refractivity contribution is 0.330. The molecule has 3 aliphatic heterocycles. The van der Waals surface area contributed by atoms with Crippen molar-refractivity contribution in [2.24, 2.45) is 0 Å². The van der Waals surface area contributed by atoms with Crippen LogP contribution in [0.1, 0.15) is 118 Å². The fraction of sp³-hybridized carbons (Fsp3) is 0.284.